The van der Waals surface area contributed by atoms with E-state index in [0.717, 1.165) is 55.5 Å². The minimum Gasteiger partial charge on any atom is -0.497 e. The van der Waals surface area contributed by atoms with Crippen LogP contribution in [0.4, 0.5) is 21.6 Å². The van der Waals surface area contributed by atoms with E-state index >= 15 is 0 Å². The van der Waals surface area contributed by atoms with Crippen LogP contribution in [0.5, 0.6) is 5.75 Å². The number of rotatable bonds is 9. The van der Waals surface area contributed by atoms with Crippen molar-refractivity contribution in [3.8, 4) is 5.75 Å². The molecule has 0 saturated heterocycles. The number of amides is 1. The van der Waals surface area contributed by atoms with Gasteiger partial charge in [-0.25, -0.2) is 14.5 Å². The largest absolute Gasteiger partial charge is 0.497 e. The number of carbonyl (C=O) groups excluding carboxylic acids is 1. The Morgan fingerprint density at radius 2 is 1.88 bits per heavy atom. The van der Waals surface area contributed by atoms with Crippen LogP contribution in [-0.2, 0) is 6.54 Å². The van der Waals surface area contributed by atoms with Crippen molar-refractivity contribution in [2.75, 3.05) is 22.6 Å². The van der Waals surface area contributed by atoms with E-state index in [1.165, 1.54) is 24.5 Å². The zero-order valence-corrected chi connectivity index (χ0v) is 22.4. The Balaban J connectivity index is 1.37. The van der Waals surface area contributed by atoms with Crippen molar-refractivity contribution < 1.29 is 13.9 Å². The third-order valence-electron chi connectivity index (χ3n) is 7.60. The van der Waals surface area contributed by atoms with E-state index in [-0.39, 0.29) is 17.8 Å². The van der Waals surface area contributed by atoms with Crippen LogP contribution in [0.25, 0.3) is 5.65 Å². The summed E-state index contributed by atoms with van der Waals surface area (Å²) in [6.07, 6.45) is 8.81. The molecule has 0 atom stereocenters. The van der Waals surface area contributed by atoms with Crippen molar-refractivity contribution >= 4 is 28.7 Å². The van der Waals surface area contributed by atoms with Gasteiger partial charge in [0.2, 0.25) is 5.95 Å². The molecule has 1 aromatic carbocycles. The Morgan fingerprint density at radius 1 is 1.10 bits per heavy atom. The molecule has 40 heavy (non-hydrogen) atoms. The van der Waals surface area contributed by atoms with Crippen LogP contribution in [0.1, 0.15) is 54.6 Å². The highest BCUT2D eigenvalue weighted by molar-refractivity contribution is 6.03. The smallest absolute Gasteiger partial charge is 0.276 e. The maximum Gasteiger partial charge on any atom is 0.276 e. The Morgan fingerprint density at radius 3 is 2.58 bits per heavy atom. The summed E-state index contributed by atoms with van der Waals surface area (Å²) in [6.45, 7) is 0.677. The minimum atomic E-state index is -0.673. The maximum atomic E-state index is 13.6. The van der Waals surface area contributed by atoms with Gasteiger partial charge in [-0.15, -0.1) is 5.10 Å². The van der Waals surface area contributed by atoms with Crippen molar-refractivity contribution in [2.45, 2.75) is 63.2 Å². The number of fused-ring (bicyclic) bond motifs is 1. The summed E-state index contributed by atoms with van der Waals surface area (Å²) in [4.78, 5) is 23.8. The second-order valence-corrected chi connectivity index (χ2v) is 10.6. The van der Waals surface area contributed by atoms with Crippen molar-refractivity contribution in [3.05, 3.63) is 72.1 Å². The van der Waals surface area contributed by atoms with Gasteiger partial charge in [-0.05, 0) is 62.3 Å². The maximum absolute atomic E-state index is 13.6. The van der Waals surface area contributed by atoms with Gasteiger partial charge in [0.15, 0.2) is 11.3 Å². The first-order valence-electron chi connectivity index (χ1n) is 13.7. The molecule has 4 aromatic rings. The molecule has 4 N–H and O–H groups in total. The number of nitrogens with two attached hydrogens (primary N) is 1. The lowest BCUT2D eigenvalue weighted by molar-refractivity contribution is 0.102. The highest BCUT2D eigenvalue weighted by Gasteiger charge is 2.32. The number of hydrogen-bond donors (Lipinski definition) is 3. The first kappa shape index (κ1) is 26.0. The number of nitrogens with zero attached hydrogens (tertiary/aromatic N) is 5. The van der Waals surface area contributed by atoms with Gasteiger partial charge in [0.05, 0.1) is 19.0 Å². The number of pyridine rings is 1. The number of benzene rings is 1. The summed E-state index contributed by atoms with van der Waals surface area (Å²) in [6, 6.07) is 13.6. The molecule has 2 fully saturated rings. The quantitative estimate of drug-likeness (QED) is 0.266. The zero-order chi connectivity index (χ0) is 27.6. The molecule has 208 valence electrons. The standard InChI is InChI=1S/C29H33FN8O2/c1-40-23-10-2-18(3-11-23)17-37(22-8-9-22)24-15-27(34-20-6-4-19(31)5-7-20)36-38-25(16-33-28(24)38)29(39)35-21-12-13-32-26(30)14-21/h2-3,10-16,19-20,22H,4-9,17,31H2,1H3,(H,34,36)(H,32,35,39). The van der Waals surface area contributed by atoms with E-state index in [1.54, 1.807) is 11.6 Å². The summed E-state index contributed by atoms with van der Waals surface area (Å²) >= 11 is 0. The van der Waals surface area contributed by atoms with Crippen LogP contribution >= 0.6 is 0 Å². The van der Waals surface area contributed by atoms with E-state index in [0.29, 0.717) is 29.7 Å². The molecule has 0 aliphatic heterocycles. The molecule has 10 nitrogen and oxygen atoms in total. The lowest BCUT2D eigenvalue weighted by atomic mass is 9.92. The second kappa shape index (κ2) is 11.1. The van der Waals surface area contributed by atoms with Gasteiger partial charge in [0.1, 0.15) is 11.6 Å². The first-order chi connectivity index (χ1) is 19.5. The van der Waals surface area contributed by atoms with Gasteiger partial charge >= 0.3 is 0 Å². The number of imidazole rings is 1. The molecule has 2 aliphatic carbocycles. The van der Waals surface area contributed by atoms with Crippen LogP contribution in [0.3, 0.4) is 0 Å². The molecule has 0 spiro atoms. The van der Waals surface area contributed by atoms with Gasteiger partial charge in [-0.2, -0.15) is 4.39 Å². The molecule has 1 amide bonds. The predicted octanol–water partition coefficient (Wildman–Crippen LogP) is 4.38. The highest BCUT2D eigenvalue weighted by Crippen LogP contribution is 2.37. The second-order valence-electron chi connectivity index (χ2n) is 10.6. The summed E-state index contributed by atoms with van der Waals surface area (Å²) in [5.41, 5.74) is 9.32. The average Bonchev–Trinajstić information content (AvgIpc) is 3.71. The summed E-state index contributed by atoms with van der Waals surface area (Å²) < 4.78 is 20.6. The van der Waals surface area contributed by atoms with E-state index in [1.807, 2.05) is 18.2 Å². The molecule has 0 bridgehead atoms. The number of ether oxygens (including phenoxy) is 1. The van der Waals surface area contributed by atoms with Crippen molar-refractivity contribution in [2.24, 2.45) is 5.73 Å². The number of halogens is 1. The Labute approximate surface area is 231 Å². The average molecular weight is 545 g/mol. The van der Waals surface area contributed by atoms with Gasteiger partial charge in [0.25, 0.3) is 5.91 Å². The number of nitrogens with one attached hydrogen (secondary N) is 2. The monoisotopic (exact) mass is 544 g/mol. The van der Waals surface area contributed by atoms with Crippen LogP contribution in [0.15, 0.2) is 54.9 Å². The van der Waals surface area contributed by atoms with Crippen LogP contribution < -0.4 is 26.0 Å². The Bertz CT molecular complexity index is 1500. The molecular weight excluding hydrogens is 511 g/mol. The van der Waals surface area contributed by atoms with Gasteiger partial charge in [0, 0.05) is 48.7 Å². The number of aromatic nitrogens is 4. The topological polar surface area (TPSA) is 123 Å². The number of methoxy groups -OCH3 is 1. The fraction of sp³-hybridized carbons (Fsp3) is 0.379. The number of hydrogen-bond acceptors (Lipinski definition) is 8. The molecule has 2 aliphatic rings. The predicted molar refractivity (Wildman–Crippen MR) is 151 cm³/mol. The highest BCUT2D eigenvalue weighted by atomic mass is 19.1. The van der Waals surface area contributed by atoms with Crippen molar-refractivity contribution in [1.29, 1.82) is 0 Å². The number of carbonyl (C=O) groups is 1. The van der Waals surface area contributed by atoms with Crippen molar-refractivity contribution in [3.63, 3.8) is 0 Å². The van der Waals surface area contributed by atoms with Crippen LogP contribution in [-0.4, -0.2) is 50.7 Å². The van der Waals surface area contributed by atoms with Crippen LogP contribution in [0.2, 0.25) is 0 Å². The molecule has 6 rings (SSSR count). The summed E-state index contributed by atoms with van der Waals surface area (Å²) in [7, 11) is 1.66. The Kier molecular flexibility index (Phi) is 7.21. The third kappa shape index (κ3) is 5.69. The van der Waals surface area contributed by atoms with Gasteiger partial charge in [-0.3, -0.25) is 4.79 Å². The SMILES string of the molecule is COc1ccc(CN(c2cc(NC3CCC(N)CC3)nn3c(C(=O)Nc4ccnc(F)c4)cnc23)C2CC2)cc1. The fourth-order valence-corrected chi connectivity index (χ4v) is 5.26. The van der Waals surface area contributed by atoms with Gasteiger partial charge < -0.3 is 26.0 Å². The molecule has 3 aromatic heterocycles. The summed E-state index contributed by atoms with van der Waals surface area (Å²) in [5, 5.41) is 11.1. The molecule has 0 radical (unpaired) electrons. The fourth-order valence-electron chi connectivity index (χ4n) is 5.26. The molecular formula is C29H33FN8O2. The Hall–Kier alpha value is -4.25. The number of anilines is 3. The molecule has 11 heteroatoms. The van der Waals surface area contributed by atoms with E-state index in [4.69, 9.17) is 15.6 Å². The minimum absolute atomic E-state index is 0.237. The third-order valence-corrected chi connectivity index (χ3v) is 7.60. The molecule has 2 saturated carbocycles. The lowest BCUT2D eigenvalue weighted by Crippen LogP contribution is -2.33. The van der Waals surface area contributed by atoms with Gasteiger partial charge in [-0.1, -0.05) is 12.1 Å². The lowest BCUT2D eigenvalue weighted by Gasteiger charge is -2.29. The normalized spacial score (nSPS) is 18.9. The zero-order valence-electron chi connectivity index (χ0n) is 22.4. The van der Waals surface area contributed by atoms with E-state index in [2.05, 4.69) is 37.6 Å². The van der Waals surface area contributed by atoms with Crippen molar-refractivity contribution in [1.82, 2.24) is 19.6 Å². The van der Waals surface area contributed by atoms with E-state index < -0.39 is 11.9 Å². The van der Waals surface area contributed by atoms with E-state index in [9.17, 15) is 9.18 Å². The van der Waals surface area contributed by atoms with Crippen LogP contribution in [0, 0.1) is 5.95 Å². The summed E-state index contributed by atoms with van der Waals surface area (Å²) in [5.74, 6) is 0.370. The molecule has 3 heterocycles. The first-order valence-corrected chi connectivity index (χ1v) is 13.7. The molecule has 0 unspecified atom stereocenters.